The molecule has 0 unspecified atom stereocenters. The van der Waals surface area contributed by atoms with Gasteiger partial charge in [0.1, 0.15) is 12.0 Å². The highest BCUT2D eigenvalue weighted by molar-refractivity contribution is 7.51. The van der Waals surface area contributed by atoms with Gasteiger partial charge in [0.05, 0.1) is 17.6 Å². The van der Waals surface area contributed by atoms with Crippen molar-refractivity contribution < 1.29 is 19.1 Å². The Labute approximate surface area is 126 Å². The van der Waals surface area contributed by atoms with Gasteiger partial charge in [0.15, 0.2) is 0 Å². The van der Waals surface area contributed by atoms with Crippen LogP contribution in [-0.2, 0) is 9.30 Å². The first kappa shape index (κ1) is 16.5. The summed E-state index contributed by atoms with van der Waals surface area (Å²) in [5, 5.41) is 0. The number of rotatable bonds is 5. The van der Waals surface area contributed by atoms with Gasteiger partial charge < -0.3 is 20.3 Å². The van der Waals surface area contributed by atoms with Gasteiger partial charge in [-0.25, -0.2) is 4.79 Å². The summed E-state index contributed by atoms with van der Waals surface area (Å²) in [6.45, 7) is 0. The minimum Gasteiger partial charge on any atom is -0.383 e. The molecule has 1 aliphatic rings. The number of ether oxygens (including phenoxy) is 1. The zero-order valence-electron chi connectivity index (χ0n) is 11.2. The van der Waals surface area contributed by atoms with Gasteiger partial charge >= 0.3 is 13.3 Å². The SMILES string of the molecule is Nc1ccn([C@H]2CC[C@@](CCl)(CCP(=O)(O)O)O2)c(=O)n1. The molecule has 118 valence electrons. The average molecular weight is 338 g/mol. The first-order chi connectivity index (χ1) is 9.75. The molecular formula is C11H17ClN3O5P. The molecule has 2 heterocycles. The monoisotopic (exact) mass is 337 g/mol. The van der Waals surface area contributed by atoms with E-state index in [0.717, 1.165) is 0 Å². The fourth-order valence-electron chi connectivity index (χ4n) is 2.33. The summed E-state index contributed by atoms with van der Waals surface area (Å²) in [6, 6.07) is 1.49. The molecule has 4 N–H and O–H groups in total. The minimum absolute atomic E-state index is 0.0979. The molecule has 2 atom stereocenters. The summed E-state index contributed by atoms with van der Waals surface area (Å²) >= 11 is 5.91. The molecule has 1 aromatic rings. The van der Waals surface area contributed by atoms with Crippen LogP contribution in [0.1, 0.15) is 25.5 Å². The third kappa shape index (κ3) is 4.05. The molecule has 21 heavy (non-hydrogen) atoms. The summed E-state index contributed by atoms with van der Waals surface area (Å²) in [4.78, 5) is 33.4. The predicted molar refractivity (Wildman–Crippen MR) is 77.2 cm³/mol. The fraction of sp³-hybridized carbons (Fsp3) is 0.636. The van der Waals surface area contributed by atoms with Gasteiger partial charge in [0, 0.05) is 6.20 Å². The average Bonchev–Trinajstić information content (AvgIpc) is 2.81. The van der Waals surface area contributed by atoms with E-state index in [4.69, 9.17) is 31.9 Å². The third-order valence-electron chi connectivity index (χ3n) is 3.50. The molecule has 0 aromatic carbocycles. The first-order valence-electron chi connectivity index (χ1n) is 6.38. The second kappa shape index (κ2) is 6.06. The van der Waals surface area contributed by atoms with Crippen LogP contribution >= 0.6 is 19.2 Å². The van der Waals surface area contributed by atoms with E-state index in [0.29, 0.717) is 12.8 Å². The van der Waals surface area contributed by atoms with Crippen molar-refractivity contribution in [1.29, 1.82) is 0 Å². The van der Waals surface area contributed by atoms with Crippen molar-refractivity contribution in [3.05, 3.63) is 22.7 Å². The number of alkyl halides is 1. The number of nitrogens with zero attached hydrogens (tertiary/aromatic N) is 2. The quantitative estimate of drug-likeness (QED) is 0.532. The van der Waals surface area contributed by atoms with Gasteiger partial charge in [-0.1, -0.05) is 0 Å². The molecular weight excluding hydrogens is 321 g/mol. The number of hydrogen-bond donors (Lipinski definition) is 3. The Hall–Kier alpha value is -0.920. The van der Waals surface area contributed by atoms with Gasteiger partial charge in [-0.15, -0.1) is 11.6 Å². The Morgan fingerprint density at radius 2 is 2.33 bits per heavy atom. The summed E-state index contributed by atoms with van der Waals surface area (Å²) in [6.07, 6.45) is 1.79. The summed E-state index contributed by atoms with van der Waals surface area (Å²) in [7, 11) is -4.12. The third-order valence-corrected chi connectivity index (χ3v) is 4.79. The van der Waals surface area contributed by atoms with Gasteiger partial charge in [-0.2, -0.15) is 4.98 Å². The first-order valence-corrected chi connectivity index (χ1v) is 8.71. The summed E-state index contributed by atoms with van der Waals surface area (Å²) in [5.74, 6) is 0.222. The Kier molecular flexibility index (Phi) is 4.75. The van der Waals surface area contributed by atoms with Gasteiger partial charge in [0.2, 0.25) is 0 Å². The maximum atomic E-state index is 11.8. The molecule has 0 aliphatic carbocycles. The largest absolute Gasteiger partial charge is 0.383 e. The topological polar surface area (TPSA) is 128 Å². The zero-order chi connectivity index (χ0) is 15.7. The summed E-state index contributed by atoms with van der Waals surface area (Å²) in [5.41, 5.74) is 4.06. The van der Waals surface area contributed by atoms with Crippen LogP contribution < -0.4 is 11.4 Å². The Balaban J connectivity index is 2.13. The van der Waals surface area contributed by atoms with Crippen molar-refractivity contribution in [2.75, 3.05) is 17.8 Å². The van der Waals surface area contributed by atoms with E-state index < -0.39 is 25.1 Å². The molecule has 10 heteroatoms. The predicted octanol–water partition coefficient (Wildman–Crippen LogP) is 0.680. The maximum absolute atomic E-state index is 11.8. The molecule has 1 aromatic heterocycles. The van der Waals surface area contributed by atoms with E-state index in [1.54, 1.807) is 0 Å². The van der Waals surface area contributed by atoms with Crippen molar-refractivity contribution >= 4 is 25.0 Å². The molecule has 1 aliphatic heterocycles. The number of hydrogen-bond acceptors (Lipinski definition) is 5. The van der Waals surface area contributed by atoms with Crippen molar-refractivity contribution in [2.24, 2.45) is 0 Å². The molecule has 0 saturated carbocycles. The standard InChI is InChI=1S/C11H17ClN3O5P/c12-7-11(4-6-21(17,18)19)3-1-9(20-11)15-5-2-8(13)14-10(15)16/h2,5,9H,1,3-4,6-7H2,(H2,13,14,16)(H2,17,18,19)/t9-,11+/m1/s1. The van der Waals surface area contributed by atoms with Crippen LogP contribution in [-0.4, -0.2) is 37.0 Å². The lowest BCUT2D eigenvalue weighted by Crippen LogP contribution is -2.34. The number of nitrogen functional groups attached to an aromatic ring is 1. The maximum Gasteiger partial charge on any atom is 0.351 e. The highest BCUT2D eigenvalue weighted by Crippen LogP contribution is 2.44. The highest BCUT2D eigenvalue weighted by Gasteiger charge is 2.41. The second-order valence-corrected chi connectivity index (χ2v) is 7.15. The Morgan fingerprint density at radius 1 is 1.62 bits per heavy atom. The van der Waals surface area contributed by atoms with E-state index in [1.807, 2.05) is 0 Å². The lowest BCUT2D eigenvalue weighted by molar-refractivity contribution is -0.0623. The Morgan fingerprint density at radius 3 is 2.90 bits per heavy atom. The van der Waals surface area contributed by atoms with Crippen molar-refractivity contribution in [2.45, 2.75) is 31.1 Å². The van der Waals surface area contributed by atoms with E-state index in [-0.39, 0.29) is 24.3 Å². The smallest absolute Gasteiger partial charge is 0.351 e. The Bertz CT molecular complexity index is 618. The molecule has 0 bridgehead atoms. The highest BCUT2D eigenvalue weighted by atomic mass is 35.5. The van der Waals surface area contributed by atoms with Crippen LogP contribution in [0.15, 0.2) is 17.1 Å². The van der Waals surface area contributed by atoms with Crippen LogP contribution in [0.3, 0.4) is 0 Å². The number of nitrogens with two attached hydrogens (primary N) is 1. The normalized spacial score (nSPS) is 26.1. The molecule has 2 rings (SSSR count). The minimum atomic E-state index is -4.12. The van der Waals surface area contributed by atoms with Crippen molar-refractivity contribution in [3.8, 4) is 0 Å². The molecule has 8 nitrogen and oxygen atoms in total. The van der Waals surface area contributed by atoms with Gasteiger partial charge in [-0.3, -0.25) is 9.13 Å². The number of aromatic nitrogens is 2. The summed E-state index contributed by atoms with van der Waals surface area (Å²) < 4.78 is 18.1. The van der Waals surface area contributed by atoms with Crippen LogP contribution in [0.2, 0.25) is 0 Å². The van der Waals surface area contributed by atoms with Gasteiger partial charge in [-0.05, 0) is 25.3 Å². The fourth-order valence-corrected chi connectivity index (χ4v) is 3.36. The van der Waals surface area contributed by atoms with E-state index >= 15 is 0 Å². The molecule has 1 fully saturated rings. The molecule has 1 saturated heterocycles. The zero-order valence-corrected chi connectivity index (χ0v) is 12.8. The number of anilines is 1. The van der Waals surface area contributed by atoms with E-state index in [9.17, 15) is 9.36 Å². The second-order valence-electron chi connectivity index (χ2n) is 5.11. The van der Waals surface area contributed by atoms with Crippen LogP contribution in [0.4, 0.5) is 5.82 Å². The number of halogens is 1. The van der Waals surface area contributed by atoms with E-state index in [2.05, 4.69) is 4.98 Å². The molecule has 0 radical (unpaired) electrons. The molecule has 0 spiro atoms. The van der Waals surface area contributed by atoms with Gasteiger partial charge in [0.25, 0.3) is 0 Å². The lowest BCUT2D eigenvalue weighted by Gasteiger charge is -2.27. The van der Waals surface area contributed by atoms with Crippen molar-refractivity contribution in [3.63, 3.8) is 0 Å². The van der Waals surface area contributed by atoms with Crippen LogP contribution in [0.5, 0.6) is 0 Å². The van der Waals surface area contributed by atoms with Crippen LogP contribution in [0.25, 0.3) is 0 Å². The lowest BCUT2D eigenvalue weighted by atomic mass is 9.99. The van der Waals surface area contributed by atoms with Crippen LogP contribution in [0, 0.1) is 0 Å². The van der Waals surface area contributed by atoms with E-state index in [1.165, 1.54) is 16.8 Å². The molecule has 0 amide bonds. The van der Waals surface area contributed by atoms with Crippen molar-refractivity contribution in [1.82, 2.24) is 9.55 Å².